The summed E-state index contributed by atoms with van der Waals surface area (Å²) in [4.78, 5) is 46.8. The minimum absolute atomic E-state index is 0.0545. The molecule has 1 aromatic rings. The number of nitro benzene ring substituents is 1. The smallest absolute Gasteiger partial charge is 0.408 e. The third kappa shape index (κ3) is 9.85. The molecule has 0 unspecified atom stereocenters. The van der Waals surface area contributed by atoms with Crippen LogP contribution in [0.3, 0.4) is 0 Å². The average molecular weight is 424 g/mol. The lowest BCUT2D eigenvalue weighted by Gasteiger charge is -2.23. The molecule has 1 rings (SSSR count). The van der Waals surface area contributed by atoms with Crippen molar-refractivity contribution in [1.29, 1.82) is 0 Å². The maximum absolute atomic E-state index is 12.6. The van der Waals surface area contributed by atoms with Crippen LogP contribution in [0.1, 0.15) is 54.4 Å². The molecule has 0 saturated heterocycles. The molecule has 1 N–H and O–H groups in total. The van der Waals surface area contributed by atoms with Gasteiger partial charge in [-0.15, -0.1) is 0 Å². The lowest BCUT2D eigenvalue weighted by Crippen LogP contribution is -2.45. The largest absolute Gasteiger partial charge is 0.460 e. The number of ether oxygens (including phenoxy) is 3. The van der Waals surface area contributed by atoms with E-state index in [1.165, 1.54) is 24.3 Å². The average Bonchev–Trinajstić information content (AvgIpc) is 2.55. The number of benzene rings is 1. The van der Waals surface area contributed by atoms with Gasteiger partial charge in [-0.2, -0.15) is 0 Å². The lowest BCUT2D eigenvalue weighted by molar-refractivity contribution is -0.384. The van der Waals surface area contributed by atoms with E-state index in [9.17, 15) is 24.5 Å². The topological polar surface area (TPSA) is 134 Å². The molecule has 10 heteroatoms. The van der Waals surface area contributed by atoms with Gasteiger partial charge >= 0.3 is 18.0 Å². The number of hydrogen-bond donors (Lipinski definition) is 1. The van der Waals surface area contributed by atoms with Crippen LogP contribution in [-0.4, -0.2) is 40.2 Å². The zero-order valence-electron chi connectivity index (χ0n) is 18.0. The quantitative estimate of drug-likeness (QED) is 0.304. The number of hydrogen-bond acceptors (Lipinski definition) is 8. The number of carbonyl (C=O) groups is 3. The third-order valence-electron chi connectivity index (χ3n) is 3.30. The Morgan fingerprint density at radius 2 is 1.53 bits per heavy atom. The van der Waals surface area contributed by atoms with Crippen molar-refractivity contribution in [3.05, 3.63) is 34.4 Å². The summed E-state index contributed by atoms with van der Waals surface area (Å²) in [6.45, 7) is 10.1. The van der Waals surface area contributed by atoms with E-state index in [-0.39, 0.29) is 24.3 Å². The van der Waals surface area contributed by atoms with Crippen molar-refractivity contribution in [2.45, 2.75) is 71.6 Å². The summed E-state index contributed by atoms with van der Waals surface area (Å²) in [5.41, 5.74) is -1.64. The maximum Gasteiger partial charge on any atom is 0.408 e. The second-order valence-corrected chi connectivity index (χ2v) is 8.50. The Bertz CT molecular complexity index is 775. The van der Waals surface area contributed by atoms with Gasteiger partial charge < -0.3 is 19.5 Å². The summed E-state index contributed by atoms with van der Waals surface area (Å²) < 4.78 is 15.5. The Balaban J connectivity index is 2.86. The number of alkyl carbamates (subject to hydrolysis) is 1. The number of amides is 1. The summed E-state index contributed by atoms with van der Waals surface area (Å²) in [5, 5.41) is 13.1. The highest BCUT2D eigenvalue weighted by Crippen LogP contribution is 2.19. The number of non-ortho nitro benzene ring substituents is 1. The minimum Gasteiger partial charge on any atom is -0.460 e. The monoisotopic (exact) mass is 424 g/mol. The molecule has 0 bridgehead atoms. The maximum atomic E-state index is 12.6. The van der Waals surface area contributed by atoms with Crippen LogP contribution in [0.25, 0.3) is 0 Å². The number of nitro groups is 1. The highest BCUT2D eigenvalue weighted by Gasteiger charge is 2.28. The molecule has 0 radical (unpaired) electrons. The predicted octanol–water partition coefficient (Wildman–Crippen LogP) is 3.52. The summed E-state index contributed by atoms with van der Waals surface area (Å²) in [6.07, 6.45) is -1.08. The van der Waals surface area contributed by atoms with E-state index in [0.29, 0.717) is 0 Å². The Morgan fingerprint density at radius 3 is 2.00 bits per heavy atom. The zero-order chi connectivity index (χ0) is 23.1. The summed E-state index contributed by atoms with van der Waals surface area (Å²) in [7, 11) is 0. The van der Waals surface area contributed by atoms with Crippen molar-refractivity contribution in [3.63, 3.8) is 0 Å². The van der Waals surface area contributed by atoms with E-state index in [1.807, 2.05) is 0 Å². The summed E-state index contributed by atoms with van der Waals surface area (Å²) in [5.74, 6) is -1.33. The Labute approximate surface area is 175 Å². The zero-order valence-corrected chi connectivity index (χ0v) is 18.0. The number of carbonyl (C=O) groups excluding carboxylic acids is 3. The van der Waals surface area contributed by atoms with Crippen molar-refractivity contribution in [1.82, 2.24) is 5.32 Å². The fourth-order valence-corrected chi connectivity index (χ4v) is 2.18. The van der Waals surface area contributed by atoms with Gasteiger partial charge in [-0.05, 0) is 60.1 Å². The van der Waals surface area contributed by atoms with Gasteiger partial charge in [0.05, 0.1) is 4.92 Å². The first-order valence-corrected chi connectivity index (χ1v) is 9.34. The first kappa shape index (κ1) is 24.9. The second kappa shape index (κ2) is 10.0. The highest BCUT2D eigenvalue weighted by molar-refractivity contribution is 5.83. The molecule has 166 valence electrons. The van der Waals surface area contributed by atoms with Crippen molar-refractivity contribution in [2.24, 2.45) is 0 Å². The van der Waals surface area contributed by atoms with Crippen LogP contribution in [0, 0.1) is 10.1 Å². The van der Waals surface area contributed by atoms with Crippen LogP contribution in [0.15, 0.2) is 24.3 Å². The van der Waals surface area contributed by atoms with E-state index in [0.717, 1.165) is 0 Å². The van der Waals surface area contributed by atoms with Crippen molar-refractivity contribution >= 4 is 23.7 Å². The number of nitrogens with one attached hydrogen (secondary N) is 1. The van der Waals surface area contributed by atoms with Crippen molar-refractivity contribution < 1.29 is 33.5 Å². The van der Waals surface area contributed by atoms with Crippen LogP contribution in [0.4, 0.5) is 10.5 Å². The number of rotatable bonds is 7. The summed E-state index contributed by atoms with van der Waals surface area (Å²) in [6, 6.07) is 3.69. The molecule has 1 aromatic carbocycles. The van der Waals surface area contributed by atoms with Crippen LogP contribution < -0.4 is 10.1 Å². The molecule has 0 aromatic heterocycles. The Morgan fingerprint density at radius 1 is 1.00 bits per heavy atom. The third-order valence-corrected chi connectivity index (χ3v) is 3.30. The van der Waals surface area contributed by atoms with Crippen LogP contribution >= 0.6 is 0 Å². The van der Waals surface area contributed by atoms with E-state index >= 15 is 0 Å². The second-order valence-electron chi connectivity index (χ2n) is 8.50. The van der Waals surface area contributed by atoms with Crippen molar-refractivity contribution in [2.75, 3.05) is 0 Å². The number of nitrogens with zero attached hydrogens (tertiary/aromatic N) is 1. The molecule has 0 fully saturated rings. The molecule has 1 amide bonds. The SMILES string of the molecule is CC(C)(C)OC(=O)CC[C@@H](NC(=O)OC(C)(C)C)C(=O)Oc1ccc([N+](=O)[O-])cc1. The first-order chi connectivity index (χ1) is 13.7. The molecule has 1 atom stereocenters. The van der Waals surface area contributed by atoms with Crippen molar-refractivity contribution in [3.8, 4) is 5.75 Å². The molecule has 0 spiro atoms. The van der Waals surface area contributed by atoms with Crippen LogP contribution in [-0.2, 0) is 19.1 Å². The lowest BCUT2D eigenvalue weighted by atomic mass is 10.1. The standard InChI is InChI=1S/C20H28N2O8/c1-19(2,3)29-16(23)12-11-15(21-18(25)30-20(4,5)6)17(24)28-14-9-7-13(8-10-14)22(26)27/h7-10,15H,11-12H2,1-6H3,(H,21,25)/t15-/m1/s1. The van der Waals surface area contributed by atoms with Gasteiger partial charge in [-0.3, -0.25) is 14.9 Å². The highest BCUT2D eigenvalue weighted by atomic mass is 16.6. The van der Waals surface area contributed by atoms with Gasteiger partial charge in [-0.25, -0.2) is 9.59 Å². The molecule has 30 heavy (non-hydrogen) atoms. The molecule has 0 aliphatic carbocycles. The molecular formula is C20H28N2O8. The van der Waals surface area contributed by atoms with Gasteiger partial charge in [0.1, 0.15) is 23.0 Å². The van der Waals surface area contributed by atoms with E-state index < -0.39 is 40.2 Å². The summed E-state index contributed by atoms with van der Waals surface area (Å²) >= 11 is 0. The molecule has 0 aliphatic heterocycles. The molecule has 10 nitrogen and oxygen atoms in total. The first-order valence-electron chi connectivity index (χ1n) is 9.34. The fourth-order valence-electron chi connectivity index (χ4n) is 2.18. The van der Waals surface area contributed by atoms with Gasteiger partial charge in [0.25, 0.3) is 5.69 Å². The van der Waals surface area contributed by atoms with Crippen LogP contribution in [0.5, 0.6) is 5.75 Å². The van der Waals surface area contributed by atoms with Gasteiger partial charge in [0.2, 0.25) is 0 Å². The van der Waals surface area contributed by atoms with E-state index in [4.69, 9.17) is 14.2 Å². The Kier molecular flexibility index (Phi) is 8.32. The molecule has 0 heterocycles. The van der Waals surface area contributed by atoms with E-state index in [2.05, 4.69) is 5.32 Å². The van der Waals surface area contributed by atoms with Gasteiger partial charge in [0.15, 0.2) is 0 Å². The van der Waals surface area contributed by atoms with E-state index in [1.54, 1.807) is 41.5 Å². The predicted molar refractivity (Wildman–Crippen MR) is 107 cm³/mol. The minimum atomic E-state index is -1.19. The van der Waals surface area contributed by atoms with Crippen LogP contribution in [0.2, 0.25) is 0 Å². The molecule has 0 aliphatic rings. The van der Waals surface area contributed by atoms with Gasteiger partial charge in [-0.1, -0.05) is 0 Å². The number of esters is 2. The molecule has 0 saturated carbocycles. The van der Waals surface area contributed by atoms with Gasteiger partial charge in [0, 0.05) is 18.6 Å². The molecular weight excluding hydrogens is 396 g/mol. The normalized spacial score (nSPS) is 12.5. The Hall–Kier alpha value is -3.17. The fraction of sp³-hybridized carbons (Fsp3) is 0.550.